The van der Waals surface area contributed by atoms with Gasteiger partial charge in [0.1, 0.15) is 17.3 Å². The van der Waals surface area contributed by atoms with E-state index >= 15 is 0 Å². The lowest BCUT2D eigenvalue weighted by Gasteiger charge is -2.11. The Kier molecular flexibility index (Phi) is 10.4. The Labute approximate surface area is 172 Å². The minimum Gasteiger partial charge on any atom is -1.00 e. The highest BCUT2D eigenvalue weighted by atomic mass is 79.9. The van der Waals surface area contributed by atoms with Gasteiger partial charge in [-0.25, -0.2) is 0 Å². The monoisotopic (exact) mass is 434 g/mol. The van der Waals surface area contributed by atoms with Crippen molar-refractivity contribution in [3.63, 3.8) is 0 Å². The maximum absolute atomic E-state index is 5.74. The van der Waals surface area contributed by atoms with Gasteiger partial charge in [0.15, 0.2) is 0 Å². The summed E-state index contributed by atoms with van der Waals surface area (Å²) in [7, 11) is 0.437. The Balaban J connectivity index is 0.00000243. The Morgan fingerprint density at radius 3 is 1.96 bits per heavy atom. The molecule has 0 amide bonds. The zero-order valence-corrected chi connectivity index (χ0v) is 18.0. The number of halogens is 1. The maximum Gasteiger partial charge on any atom is 0.133 e. The number of hydrogen-bond acceptors (Lipinski definition) is 1. The van der Waals surface area contributed by atoms with Crippen LogP contribution in [-0.4, -0.2) is 18.5 Å². The molecule has 0 bridgehead atoms. The van der Waals surface area contributed by atoms with Crippen molar-refractivity contribution < 1.29 is 21.7 Å². The van der Waals surface area contributed by atoms with Crippen molar-refractivity contribution in [2.75, 3.05) is 12.4 Å². The van der Waals surface area contributed by atoms with Crippen molar-refractivity contribution in [2.45, 2.75) is 56.1 Å². The standard InChI is InChI=1S/C23H31OS.BrH/c1-4-11-21(12-5-1)19-25(20-22-13-6-2-7-14-22)18-9-3-8-15-23-16-10-17-24-23;/h1-2,4-7,11-14,23H,3,8-10,15-20H2;1H/q+1;/p-1. The molecule has 0 aromatic heterocycles. The van der Waals surface area contributed by atoms with Gasteiger partial charge in [-0.05, 0) is 43.0 Å². The van der Waals surface area contributed by atoms with Crippen LogP contribution in [-0.2, 0) is 27.1 Å². The highest BCUT2D eigenvalue weighted by molar-refractivity contribution is 7.95. The number of unbranched alkanes of at least 4 members (excludes halogenated alkanes) is 2. The van der Waals surface area contributed by atoms with E-state index in [9.17, 15) is 0 Å². The molecule has 1 unspecified atom stereocenters. The molecule has 1 aliphatic rings. The van der Waals surface area contributed by atoms with E-state index in [0.29, 0.717) is 17.0 Å². The lowest BCUT2D eigenvalue weighted by molar-refractivity contribution is -0.00000669. The summed E-state index contributed by atoms with van der Waals surface area (Å²) >= 11 is 0. The Morgan fingerprint density at radius 2 is 1.42 bits per heavy atom. The fourth-order valence-electron chi connectivity index (χ4n) is 3.54. The predicted molar refractivity (Wildman–Crippen MR) is 110 cm³/mol. The van der Waals surface area contributed by atoms with Crippen LogP contribution in [0.1, 0.15) is 49.7 Å². The average molecular weight is 435 g/mol. The molecular formula is C23H31BrOS. The van der Waals surface area contributed by atoms with Crippen LogP contribution in [0.15, 0.2) is 60.7 Å². The second-order valence-electron chi connectivity index (χ2n) is 7.06. The van der Waals surface area contributed by atoms with Crippen LogP contribution in [0.4, 0.5) is 0 Å². The first-order chi connectivity index (χ1) is 12.4. The molecule has 1 nitrogen and oxygen atoms in total. The highest BCUT2D eigenvalue weighted by Crippen LogP contribution is 2.20. The summed E-state index contributed by atoms with van der Waals surface area (Å²) in [6, 6.07) is 22.0. The summed E-state index contributed by atoms with van der Waals surface area (Å²) in [6.45, 7) is 0.988. The highest BCUT2D eigenvalue weighted by Gasteiger charge is 2.20. The third kappa shape index (κ3) is 7.85. The van der Waals surface area contributed by atoms with Crippen LogP contribution in [0.5, 0.6) is 0 Å². The number of benzene rings is 2. The lowest BCUT2D eigenvalue weighted by atomic mass is 10.1. The molecule has 0 N–H and O–H groups in total. The average Bonchev–Trinajstić information content (AvgIpc) is 3.16. The van der Waals surface area contributed by atoms with E-state index in [0.717, 1.165) is 6.61 Å². The smallest absolute Gasteiger partial charge is 0.133 e. The zero-order valence-electron chi connectivity index (χ0n) is 15.6. The van der Waals surface area contributed by atoms with E-state index in [1.807, 2.05) is 0 Å². The predicted octanol–water partition coefficient (Wildman–Crippen LogP) is 2.75. The van der Waals surface area contributed by atoms with Gasteiger partial charge in [0, 0.05) is 17.7 Å². The summed E-state index contributed by atoms with van der Waals surface area (Å²) < 4.78 is 5.74. The van der Waals surface area contributed by atoms with Crippen LogP contribution in [0.25, 0.3) is 0 Å². The second-order valence-corrected chi connectivity index (χ2v) is 9.27. The van der Waals surface area contributed by atoms with Gasteiger partial charge in [0.25, 0.3) is 0 Å². The van der Waals surface area contributed by atoms with Crippen LogP contribution < -0.4 is 17.0 Å². The summed E-state index contributed by atoms with van der Waals surface area (Å²) in [6.07, 6.45) is 8.42. The zero-order chi connectivity index (χ0) is 17.2. The molecule has 3 heteroatoms. The molecule has 1 aliphatic heterocycles. The van der Waals surface area contributed by atoms with Gasteiger partial charge in [-0.2, -0.15) is 0 Å². The first kappa shape index (κ1) is 21.5. The first-order valence-corrected chi connectivity index (χ1v) is 11.5. The van der Waals surface area contributed by atoms with E-state index in [1.165, 1.54) is 66.9 Å². The molecule has 2 aromatic carbocycles. The summed E-state index contributed by atoms with van der Waals surface area (Å²) in [5.41, 5.74) is 2.97. The van der Waals surface area contributed by atoms with E-state index in [1.54, 1.807) is 0 Å². The van der Waals surface area contributed by atoms with Crippen molar-refractivity contribution in [1.82, 2.24) is 0 Å². The molecule has 0 saturated carbocycles. The Bertz CT molecular complexity index is 542. The van der Waals surface area contributed by atoms with Gasteiger partial charge in [0.2, 0.25) is 0 Å². The van der Waals surface area contributed by atoms with Crippen LogP contribution in [0, 0.1) is 0 Å². The van der Waals surface area contributed by atoms with Crippen molar-refractivity contribution >= 4 is 10.9 Å². The first-order valence-electron chi connectivity index (χ1n) is 9.74. The quantitative estimate of drug-likeness (QED) is 0.412. The molecule has 2 aromatic rings. The molecule has 1 heterocycles. The second kappa shape index (κ2) is 12.6. The van der Waals surface area contributed by atoms with Crippen LogP contribution >= 0.6 is 0 Å². The van der Waals surface area contributed by atoms with Gasteiger partial charge < -0.3 is 21.7 Å². The van der Waals surface area contributed by atoms with Gasteiger partial charge in [0.05, 0.1) is 6.10 Å². The fourth-order valence-corrected chi connectivity index (χ4v) is 5.87. The van der Waals surface area contributed by atoms with Crippen molar-refractivity contribution in [3.05, 3.63) is 71.8 Å². The van der Waals surface area contributed by atoms with Gasteiger partial charge >= 0.3 is 0 Å². The molecule has 0 radical (unpaired) electrons. The minimum absolute atomic E-state index is 0. The topological polar surface area (TPSA) is 9.23 Å². The maximum atomic E-state index is 5.74. The third-order valence-corrected chi connectivity index (χ3v) is 7.26. The summed E-state index contributed by atoms with van der Waals surface area (Å²) in [5, 5.41) is 0. The molecule has 3 rings (SSSR count). The van der Waals surface area contributed by atoms with Crippen LogP contribution in [0.3, 0.4) is 0 Å². The molecule has 0 spiro atoms. The number of ether oxygens (including phenoxy) is 1. The summed E-state index contributed by atoms with van der Waals surface area (Å²) in [5.74, 6) is 3.80. The molecule has 142 valence electrons. The Morgan fingerprint density at radius 1 is 0.808 bits per heavy atom. The van der Waals surface area contributed by atoms with Crippen molar-refractivity contribution in [3.8, 4) is 0 Å². The van der Waals surface area contributed by atoms with Crippen LogP contribution in [0.2, 0.25) is 0 Å². The SMILES string of the molecule is [Br-].c1ccc(C[S+](CCCCCC2CCCO2)Cc2ccccc2)cc1. The molecule has 1 saturated heterocycles. The van der Waals surface area contributed by atoms with E-state index < -0.39 is 0 Å². The fraction of sp³-hybridized carbons (Fsp3) is 0.478. The minimum atomic E-state index is 0. The van der Waals surface area contributed by atoms with Gasteiger partial charge in [-0.15, -0.1) is 0 Å². The number of rotatable bonds is 10. The lowest BCUT2D eigenvalue weighted by Crippen LogP contribution is -3.00. The molecular weight excluding hydrogens is 404 g/mol. The van der Waals surface area contributed by atoms with E-state index in [4.69, 9.17) is 4.74 Å². The normalized spacial score (nSPS) is 16.6. The van der Waals surface area contributed by atoms with Gasteiger partial charge in [-0.1, -0.05) is 67.1 Å². The number of hydrogen-bond donors (Lipinski definition) is 0. The molecule has 1 atom stereocenters. The molecule has 1 fully saturated rings. The van der Waals surface area contributed by atoms with E-state index in [-0.39, 0.29) is 17.0 Å². The third-order valence-electron chi connectivity index (χ3n) is 4.91. The molecule has 26 heavy (non-hydrogen) atoms. The van der Waals surface area contributed by atoms with Crippen molar-refractivity contribution in [2.24, 2.45) is 0 Å². The Hall–Kier alpha value is -0.770. The largest absolute Gasteiger partial charge is 1.00 e. The summed E-state index contributed by atoms with van der Waals surface area (Å²) in [4.78, 5) is 0. The van der Waals surface area contributed by atoms with Crippen molar-refractivity contribution in [1.29, 1.82) is 0 Å². The van der Waals surface area contributed by atoms with E-state index in [2.05, 4.69) is 60.7 Å². The molecule has 0 aliphatic carbocycles. The van der Waals surface area contributed by atoms with Gasteiger partial charge in [-0.3, -0.25) is 0 Å².